The standard InChI is InChI=1S/C27H38O6Si/c1-5-33-34-14-6-13-29-16-22(28)17-30-23-9-7-21(8-10-23)27(3,4)26-12-11-24(15-20(26)2)31-18-25-19-32-25/h7-12,15,22,25,28H,5-6,13-14,16-19H2,1-4H3. The minimum Gasteiger partial charge on any atom is -0.491 e. The summed E-state index contributed by atoms with van der Waals surface area (Å²) in [5, 5.41) is 10.1. The predicted octanol–water partition coefficient (Wildman–Crippen LogP) is 4.32. The van der Waals surface area contributed by atoms with Gasteiger partial charge in [-0.2, -0.15) is 0 Å². The van der Waals surface area contributed by atoms with Crippen molar-refractivity contribution in [3.8, 4) is 11.5 Å². The molecule has 3 rings (SSSR count). The van der Waals surface area contributed by atoms with Crippen molar-refractivity contribution in [3.05, 3.63) is 59.2 Å². The minimum atomic E-state index is -0.652. The summed E-state index contributed by atoms with van der Waals surface area (Å²) in [4.78, 5) is 0. The molecule has 1 aliphatic rings. The molecule has 0 spiro atoms. The minimum absolute atomic E-state index is 0.170. The number of hydrogen-bond acceptors (Lipinski definition) is 6. The molecular weight excluding hydrogens is 448 g/mol. The monoisotopic (exact) mass is 486 g/mol. The highest BCUT2D eigenvalue weighted by molar-refractivity contribution is 6.26. The van der Waals surface area contributed by atoms with Crippen molar-refractivity contribution in [2.45, 2.75) is 57.8 Å². The first-order valence-corrected chi connectivity index (χ1v) is 13.2. The lowest BCUT2D eigenvalue weighted by atomic mass is 9.76. The first-order chi connectivity index (χ1) is 16.4. The topological polar surface area (TPSA) is 69.7 Å². The Hall–Kier alpha value is -1.90. The Morgan fingerprint density at radius 1 is 1.09 bits per heavy atom. The van der Waals surface area contributed by atoms with E-state index in [-0.39, 0.29) is 24.7 Å². The van der Waals surface area contributed by atoms with Crippen LogP contribution in [-0.4, -0.2) is 66.7 Å². The molecule has 0 amide bonds. The number of epoxide rings is 1. The highest BCUT2D eigenvalue weighted by Crippen LogP contribution is 2.35. The third-order valence-electron chi connectivity index (χ3n) is 5.85. The fourth-order valence-corrected chi connectivity index (χ4v) is 4.42. The summed E-state index contributed by atoms with van der Waals surface area (Å²) in [5.41, 5.74) is 3.47. The first-order valence-electron chi connectivity index (χ1n) is 12.1. The van der Waals surface area contributed by atoms with Crippen LogP contribution in [0.3, 0.4) is 0 Å². The number of rotatable bonds is 16. The average Bonchev–Trinajstić information content (AvgIpc) is 3.65. The van der Waals surface area contributed by atoms with E-state index in [0.717, 1.165) is 37.2 Å². The number of benzene rings is 2. The molecule has 2 atom stereocenters. The first kappa shape index (κ1) is 26.7. The van der Waals surface area contributed by atoms with E-state index in [1.807, 2.05) is 25.1 Å². The highest BCUT2D eigenvalue weighted by atomic mass is 28.2. The maximum Gasteiger partial charge on any atom is 0.229 e. The molecular formula is C27H38O6Si. The number of aryl methyl sites for hydroxylation is 1. The van der Waals surface area contributed by atoms with Crippen molar-refractivity contribution in [2.75, 3.05) is 39.6 Å². The average molecular weight is 487 g/mol. The zero-order valence-electron chi connectivity index (χ0n) is 20.8. The van der Waals surface area contributed by atoms with Crippen LogP contribution in [0, 0.1) is 6.92 Å². The molecule has 0 aromatic heterocycles. The second-order valence-corrected chi connectivity index (χ2v) is 10.2. The van der Waals surface area contributed by atoms with Gasteiger partial charge in [0, 0.05) is 18.6 Å². The van der Waals surface area contributed by atoms with Gasteiger partial charge >= 0.3 is 0 Å². The summed E-state index contributed by atoms with van der Waals surface area (Å²) in [5.74, 6) is 1.61. The molecule has 186 valence electrons. The molecule has 2 unspecified atom stereocenters. The molecule has 1 saturated heterocycles. The number of aliphatic hydroxyl groups excluding tert-OH is 1. The van der Waals surface area contributed by atoms with E-state index >= 15 is 0 Å². The van der Waals surface area contributed by atoms with Gasteiger partial charge in [0.15, 0.2) is 0 Å². The molecule has 34 heavy (non-hydrogen) atoms. The molecule has 6 nitrogen and oxygen atoms in total. The molecule has 0 saturated carbocycles. The van der Waals surface area contributed by atoms with Gasteiger partial charge in [-0.25, -0.2) is 0 Å². The normalized spacial score (nSPS) is 16.3. The Labute approximate surface area is 206 Å². The highest BCUT2D eigenvalue weighted by Gasteiger charge is 2.26. The van der Waals surface area contributed by atoms with E-state index in [1.54, 1.807) is 0 Å². The lowest BCUT2D eigenvalue weighted by molar-refractivity contribution is 0.0122. The van der Waals surface area contributed by atoms with Crippen LogP contribution in [0.25, 0.3) is 0 Å². The fourth-order valence-electron chi connectivity index (χ4n) is 3.78. The second kappa shape index (κ2) is 13.3. The number of aliphatic hydroxyl groups is 1. The van der Waals surface area contributed by atoms with Gasteiger partial charge in [-0.05, 0) is 67.3 Å². The Morgan fingerprint density at radius 2 is 1.82 bits per heavy atom. The van der Waals surface area contributed by atoms with Crippen LogP contribution in [0.1, 0.15) is 43.9 Å². The Kier molecular flexibility index (Phi) is 10.4. The van der Waals surface area contributed by atoms with E-state index < -0.39 is 6.10 Å². The molecule has 1 aliphatic heterocycles. The van der Waals surface area contributed by atoms with Crippen molar-refractivity contribution < 1.29 is 28.5 Å². The number of hydrogen-bond donors (Lipinski definition) is 1. The van der Waals surface area contributed by atoms with Gasteiger partial charge in [-0.3, -0.25) is 0 Å². The Bertz CT molecular complexity index is 866. The van der Waals surface area contributed by atoms with Crippen LogP contribution < -0.4 is 9.47 Å². The van der Waals surface area contributed by atoms with Gasteiger partial charge in [0.25, 0.3) is 0 Å². The third kappa shape index (κ3) is 8.39. The van der Waals surface area contributed by atoms with Gasteiger partial charge in [0.2, 0.25) is 9.76 Å². The van der Waals surface area contributed by atoms with Crippen LogP contribution in [-0.2, 0) is 19.3 Å². The zero-order valence-corrected chi connectivity index (χ0v) is 21.8. The third-order valence-corrected chi connectivity index (χ3v) is 6.90. The van der Waals surface area contributed by atoms with E-state index in [1.165, 1.54) is 16.7 Å². The van der Waals surface area contributed by atoms with Crippen LogP contribution >= 0.6 is 0 Å². The zero-order chi connectivity index (χ0) is 24.4. The summed E-state index contributed by atoms with van der Waals surface area (Å²) in [6, 6.07) is 15.4. The van der Waals surface area contributed by atoms with Gasteiger partial charge in [-0.15, -0.1) is 0 Å². The quantitative estimate of drug-likeness (QED) is 0.217. The van der Waals surface area contributed by atoms with Crippen LogP contribution in [0.5, 0.6) is 11.5 Å². The Morgan fingerprint density at radius 3 is 2.50 bits per heavy atom. The molecule has 2 aromatic rings. The summed E-state index contributed by atoms with van der Waals surface area (Å²) >= 11 is 0. The molecule has 0 aliphatic carbocycles. The smallest absolute Gasteiger partial charge is 0.229 e. The van der Waals surface area contributed by atoms with E-state index in [2.05, 4.69) is 45.0 Å². The molecule has 0 bridgehead atoms. The van der Waals surface area contributed by atoms with E-state index in [0.29, 0.717) is 23.0 Å². The van der Waals surface area contributed by atoms with Crippen molar-refractivity contribution in [1.29, 1.82) is 0 Å². The largest absolute Gasteiger partial charge is 0.491 e. The van der Waals surface area contributed by atoms with Crippen molar-refractivity contribution in [1.82, 2.24) is 0 Å². The lowest BCUT2D eigenvalue weighted by Crippen LogP contribution is -2.24. The van der Waals surface area contributed by atoms with Crippen molar-refractivity contribution in [2.24, 2.45) is 0 Å². The van der Waals surface area contributed by atoms with Gasteiger partial charge in [0.1, 0.15) is 36.9 Å². The van der Waals surface area contributed by atoms with Gasteiger partial charge in [0.05, 0.1) is 13.2 Å². The Balaban J connectivity index is 1.45. The lowest BCUT2D eigenvalue weighted by Gasteiger charge is -2.28. The molecule has 1 N–H and O–H groups in total. The van der Waals surface area contributed by atoms with Crippen molar-refractivity contribution >= 4 is 9.76 Å². The summed E-state index contributed by atoms with van der Waals surface area (Å²) in [6.07, 6.45) is 0.538. The fraction of sp³-hybridized carbons (Fsp3) is 0.556. The van der Waals surface area contributed by atoms with Crippen LogP contribution in [0.2, 0.25) is 6.04 Å². The molecule has 2 radical (unpaired) electrons. The van der Waals surface area contributed by atoms with Crippen LogP contribution in [0.15, 0.2) is 42.5 Å². The number of ether oxygens (including phenoxy) is 4. The van der Waals surface area contributed by atoms with E-state index in [4.69, 9.17) is 23.4 Å². The summed E-state index contributed by atoms with van der Waals surface area (Å²) in [7, 11) is 0.527. The summed E-state index contributed by atoms with van der Waals surface area (Å²) < 4.78 is 27.7. The maximum absolute atomic E-state index is 10.1. The SMILES string of the molecule is CCO[Si]CCCOCC(O)COc1ccc(C(C)(C)c2ccc(OCC3CO3)cc2C)cc1. The molecule has 2 aromatic carbocycles. The van der Waals surface area contributed by atoms with E-state index in [9.17, 15) is 5.11 Å². The van der Waals surface area contributed by atoms with Crippen molar-refractivity contribution in [3.63, 3.8) is 0 Å². The van der Waals surface area contributed by atoms with Gasteiger partial charge in [-0.1, -0.05) is 32.0 Å². The second-order valence-electron chi connectivity index (χ2n) is 9.11. The predicted molar refractivity (Wildman–Crippen MR) is 134 cm³/mol. The molecule has 7 heteroatoms. The maximum atomic E-state index is 10.1. The van der Waals surface area contributed by atoms with Gasteiger partial charge < -0.3 is 28.5 Å². The summed E-state index contributed by atoms with van der Waals surface area (Å²) in [6.45, 7) is 11.8. The molecule has 1 heterocycles. The molecule has 1 fully saturated rings. The van der Waals surface area contributed by atoms with Crippen LogP contribution in [0.4, 0.5) is 0 Å².